The molecule has 0 unspecified atom stereocenters. The molecule has 2 aromatic carbocycles. The molecular formula is C16H9Cl2F3N2O3S. The minimum absolute atomic E-state index is 0.155. The molecule has 0 atom stereocenters. The lowest BCUT2D eigenvalue weighted by molar-refractivity contribution is -0.274. The number of nitrogens with zero attached hydrogens (tertiary/aromatic N) is 1. The van der Waals surface area contributed by atoms with Crippen molar-refractivity contribution in [1.82, 2.24) is 0 Å². The monoisotopic (exact) mass is 436 g/mol. The number of ether oxygens (including phenoxy) is 1. The first-order chi connectivity index (χ1) is 12.5. The predicted octanol–water partition coefficient (Wildman–Crippen LogP) is 5.14. The Bertz CT molecular complexity index is 1010. The predicted molar refractivity (Wildman–Crippen MR) is 94.1 cm³/mol. The molecule has 0 aliphatic rings. The topological polar surface area (TPSA) is 79.2 Å². The third kappa shape index (κ3) is 5.53. The lowest BCUT2D eigenvalue weighted by Crippen LogP contribution is -2.16. The van der Waals surface area contributed by atoms with Crippen LogP contribution in [0.1, 0.15) is 0 Å². The van der Waals surface area contributed by atoms with Crippen LogP contribution in [0.3, 0.4) is 0 Å². The highest BCUT2D eigenvalue weighted by atomic mass is 35.5. The van der Waals surface area contributed by atoms with Gasteiger partial charge >= 0.3 is 6.36 Å². The van der Waals surface area contributed by atoms with Gasteiger partial charge in [0.15, 0.2) is 4.91 Å². The van der Waals surface area contributed by atoms with Crippen LogP contribution in [0.4, 0.5) is 18.9 Å². The molecule has 0 bridgehead atoms. The van der Waals surface area contributed by atoms with E-state index in [-0.39, 0.29) is 20.6 Å². The van der Waals surface area contributed by atoms with Crippen LogP contribution in [-0.2, 0) is 9.84 Å². The summed E-state index contributed by atoms with van der Waals surface area (Å²) in [7, 11) is -4.23. The van der Waals surface area contributed by atoms with E-state index in [0.717, 1.165) is 24.4 Å². The van der Waals surface area contributed by atoms with E-state index in [1.165, 1.54) is 24.3 Å². The summed E-state index contributed by atoms with van der Waals surface area (Å²) < 4.78 is 65.1. The fraction of sp³-hybridized carbons (Fsp3) is 0.0625. The van der Waals surface area contributed by atoms with Crippen molar-refractivity contribution < 1.29 is 26.3 Å². The number of nitrogens with one attached hydrogen (secondary N) is 1. The second-order valence-electron chi connectivity index (χ2n) is 4.92. The number of hydrogen-bond donors (Lipinski definition) is 1. The van der Waals surface area contributed by atoms with Gasteiger partial charge in [-0.05, 0) is 42.5 Å². The number of alkyl halides is 3. The van der Waals surface area contributed by atoms with Gasteiger partial charge in [0.2, 0.25) is 9.84 Å². The minimum Gasteiger partial charge on any atom is -0.406 e. The van der Waals surface area contributed by atoms with Crippen molar-refractivity contribution in [2.24, 2.45) is 0 Å². The van der Waals surface area contributed by atoms with Gasteiger partial charge < -0.3 is 10.1 Å². The molecule has 5 nitrogen and oxygen atoms in total. The molecule has 2 rings (SSSR count). The Balaban J connectivity index is 2.25. The van der Waals surface area contributed by atoms with Crippen molar-refractivity contribution in [2.45, 2.75) is 11.3 Å². The van der Waals surface area contributed by atoms with E-state index in [2.05, 4.69) is 10.1 Å². The number of rotatable bonds is 5. The maximum Gasteiger partial charge on any atom is 0.573 e. The average molecular weight is 437 g/mol. The minimum atomic E-state index is -4.82. The Hall–Kier alpha value is -2.41. The summed E-state index contributed by atoms with van der Waals surface area (Å²) in [6.45, 7) is 0. The third-order valence-electron chi connectivity index (χ3n) is 3.04. The van der Waals surface area contributed by atoms with Gasteiger partial charge in [-0.3, -0.25) is 0 Å². The van der Waals surface area contributed by atoms with Crippen LogP contribution in [0, 0.1) is 11.3 Å². The second-order valence-corrected chi connectivity index (χ2v) is 7.65. The molecular weight excluding hydrogens is 428 g/mol. The fourth-order valence-corrected chi connectivity index (χ4v) is 3.73. The zero-order valence-corrected chi connectivity index (χ0v) is 15.4. The number of halogens is 5. The van der Waals surface area contributed by atoms with Gasteiger partial charge in [-0.2, -0.15) is 5.26 Å². The Kier molecular flexibility index (Phi) is 6.26. The van der Waals surface area contributed by atoms with E-state index < -0.39 is 26.9 Å². The molecule has 0 heterocycles. The van der Waals surface area contributed by atoms with Crippen molar-refractivity contribution in [1.29, 1.82) is 5.26 Å². The van der Waals surface area contributed by atoms with Gasteiger partial charge in [-0.15, -0.1) is 13.2 Å². The van der Waals surface area contributed by atoms with Crippen LogP contribution in [0.15, 0.2) is 58.5 Å². The van der Waals surface area contributed by atoms with E-state index in [1.807, 2.05) is 0 Å². The zero-order valence-electron chi connectivity index (χ0n) is 13.1. The van der Waals surface area contributed by atoms with Crippen LogP contribution in [0.25, 0.3) is 0 Å². The summed E-state index contributed by atoms with van der Waals surface area (Å²) in [6, 6.07) is 9.72. The Labute approximate surface area is 162 Å². The summed E-state index contributed by atoms with van der Waals surface area (Å²) in [5, 5.41) is 11.8. The fourth-order valence-electron chi connectivity index (χ4n) is 1.88. The number of allylic oxidation sites excluding steroid dienone is 1. The standard InChI is InChI=1S/C16H9Cl2F3N2O3S/c17-10-1-6-15(14(18)7-10)27(24,25)13(8-22)9-23-11-2-4-12(5-3-11)26-16(19,20)21/h1-7,9,23H/b13-9+. The van der Waals surface area contributed by atoms with E-state index in [0.29, 0.717) is 0 Å². The normalized spacial score (nSPS) is 12.4. The lowest BCUT2D eigenvalue weighted by Gasteiger charge is -2.09. The quantitative estimate of drug-likeness (QED) is 0.656. The van der Waals surface area contributed by atoms with Crippen LogP contribution in [-0.4, -0.2) is 14.8 Å². The van der Waals surface area contributed by atoms with Gasteiger partial charge in [0.1, 0.15) is 11.8 Å². The SMILES string of the molecule is N#C/C(=C\Nc1ccc(OC(F)(F)F)cc1)S(=O)(=O)c1ccc(Cl)cc1Cl. The van der Waals surface area contributed by atoms with Crippen LogP contribution in [0.5, 0.6) is 5.75 Å². The van der Waals surface area contributed by atoms with Crippen molar-refractivity contribution in [3.8, 4) is 11.8 Å². The van der Waals surface area contributed by atoms with Gasteiger partial charge in [-0.1, -0.05) is 23.2 Å². The van der Waals surface area contributed by atoms with Gasteiger partial charge in [-0.25, -0.2) is 8.42 Å². The number of hydrogen-bond acceptors (Lipinski definition) is 5. The van der Waals surface area contributed by atoms with Crippen LogP contribution in [0.2, 0.25) is 10.0 Å². The molecule has 0 saturated heterocycles. The first-order valence-corrected chi connectivity index (χ1v) is 9.19. The third-order valence-corrected chi connectivity index (χ3v) is 5.42. The first kappa shape index (κ1) is 20.9. The lowest BCUT2D eigenvalue weighted by atomic mass is 10.3. The molecule has 0 aromatic heterocycles. The second kappa shape index (κ2) is 8.08. The molecule has 1 N–H and O–H groups in total. The van der Waals surface area contributed by atoms with Crippen LogP contribution < -0.4 is 10.1 Å². The number of nitriles is 1. The molecule has 0 aliphatic heterocycles. The highest BCUT2D eigenvalue weighted by molar-refractivity contribution is 7.95. The van der Waals surface area contributed by atoms with E-state index >= 15 is 0 Å². The zero-order chi connectivity index (χ0) is 20.2. The maximum absolute atomic E-state index is 12.5. The highest BCUT2D eigenvalue weighted by Gasteiger charge is 2.31. The van der Waals surface area contributed by atoms with E-state index in [4.69, 9.17) is 28.5 Å². The number of anilines is 1. The Morgan fingerprint density at radius 3 is 2.30 bits per heavy atom. The van der Waals surface area contributed by atoms with Crippen molar-refractivity contribution >= 4 is 38.7 Å². The van der Waals surface area contributed by atoms with Crippen molar-refractivity contribution in [3.63, 3.8) is 0 Å². The molecule has 2 aromatic rings. The number of benzene rings is 2. The Morgan fingerprint density at radius 2 is 1.78 bits per heavy atom. The van der Waals surface area contributed by atoms with Gasteiger partial charge in [0.25, 0.3) is 0 Å². The summed E-state index contributed by atoms with van der Waals surface area (Å²) in [5.41, 5.74) is 0.231. The summed E-state index contributed by atoms with van der Waals surface area (Å²) >= 11 is 11.6. The smallest absolute Gasteiger partial charge is 0.406 e. The molecule has 142 valence electrons. The summed E-state index contributed by atoms with van der Waals surface area (Å²) in [4.78, 5) is -0.959. The first-order valence-electron chi connectivity index (χ1n) is 6.96. The van der Waals surface area contributed by atoms with Crippen LogP contribution >= 0.6 is 23.2 Å². The number of sulfone groups is 1. The molecule has 0 saturated carbocycles. The highest BCUT2D eigenvalue weighted by Crippen LogP contribution is 2.29. The van der Waals surface area contributed by atoms with Gasteiger partial charge in [0.05, 0.1) is 9.92 Å². The molecule has 0 spiro atoms. The van der Waals surface area contributed by atoms with Gasteiger partial charge in [0, 0.05) is 16.9 Å². The maximum atomic E-state index is 12.5. The Morgan fingerprint density at radius 1 is 1.15 bits per heavy atom. The molecule has 11 heteroatoms. The van der Waals surface area contributed by atoms with E-state index in [9.17, 15) is 21.6 Å². The molecule has 0 fully saturated rings. The molecule has 0 amide bonds. The molecule has 0 aliphatic carbocycles. The van der Waals surface area contributed by atoms with Crippen molar-refractivity contribution in [2.75, 3.05) is 5.32 Å². The molecule has 0 radical (unpaired) electrons. The largest absolute Gasteiger partial charge is 0.573 e. The molecule has 27 heavy (non-hydrogen) atoms. The summed E-state index contributed by atoms with van der Waals surface area (Å²) in [5.74, 6) is -0.446. The van der Waals surface area contributed by atoms with E-state index in [1.54, 1.807) is 6.07 Å². The van der Waals surface area contributed by atoms with Crippen molar-refractivity contribution in [3.05, 3.63) is 63.6 Å². The summed E-state index contributed by atoms with van der Waals surface area (Å²) in [6.07, 6.45) is -3.92. The average Bonchev–Trinajstić information content (AvgIpc) is 2.55.